The molecule has 2 aliphatic rings. The van der Waals surface area contributed by atoms with Crippen molar-refractivity contribution in [3.8, 4) is 5.75 Å². The van der Waals surface area contributed by atoms with Crippen LogP contribution in [-0.2, 0) is 33.7 Å². The molecule has 0 saturated heterocycles. The molecule has 3 atom stereocenters. The quantitative estimate of drug-likeness (QED) is 0.621. The van der Waals surface area contributed by atoms with Gasteiger partial charge in [0, 0.05) is 18.4 Å². The fourth-order valence-electron chi connectivity index (χ4n) is 5.07. The average molecular weight is 480 g/mol. The van der Waals surface area contributed by atoms with Gasteiger partial charge >= 0.3 is 6.09 Å². The molecule has 1 heterocycles. The summed E-state index contributed by atoms with van der Waals surface area (Å²) in [6.45, 7) is 5.43. The fourth-order valence-corrected chi connectivity index (χ4v) is 5.07. The summed E-state index contributed by atoms with van der Waals surface area (Å²) >= 11 is 0. The molecule has 8 nitrogen and oxygen atoms in total. The second kappa shape index (κ2) is 9.60. The van der Waals surface area contributed by atoms with E-state index in [1.807, 2.05) is 18.2 Å². The Morgan fingerprint density at radius 3 is 2.57 bits per heavy atom. The van der Waals surface area contributed by atoms with Crippen LogP contribution in [0.3, 0.4) is 0 Å². The molecular formula is C27H33N3O5. The minimum atomic E-state index is -1.16. The minimum absolute atomic E-state index is 0.0821. The number of rotatable bonds is 4. The van der Waals surface area contributed by atoms with E-state index in [1.165, 1.54) is 10.5 Å². The molecule has 0 radical (unpaired) electrons. The van der Waals surface area contributed by atoms with E-state index < -0.39 is 29.6 Å². The Morgan fingerprint density at radius 1 is 1.11 bits per heavy atom. The van der Waals surface area contributed by atoms with Gasteiger partial charge in [-0.2, -0.15) is 0 Å². The lowest BCUT2D eigenvalue weighted by atomic mass is 9.85. The molecule has 4 N–H and O–H groups in total. The number of nitrogens with two attached hydrogens (primary N) is 1. The highest BCUT2D eigenvalue weighted by atomic mass is 16.6. The molecule has 35 heavy (non-hydrogen) atoms. The number of nitrogens with zero attached hydrogens (tertiary/aromatic N) is 1. The van der Waals surface area contributed by atoms with Crippen molar-refractivity contribution in [3.05, 3.63) is 64.7 Å². The van der Waals surface area contributed by atoms with Gasteiger partial charge in [0.05, 0.1) is 6.04 Å². The first kappa shape index (κ1) is 24.6. The van der Waals surface area contributed by atoms with Gasteiger partial charge in [0.2, 0.25) is 5.91 Å². The lowest BCUT2D eigenvalue weighted by Gasteiger charge is -2.40. The SMILES string of the molecule is CC(C)(C)[C@H](OC(N)=O)C(=O)N1Cc2cc(O)ccc2C[C@H]1C(=O)N[C@@H]1CCCc2ccccc21. The van der Waals surface area contributed by atoms with Crippen LogP contribution in [0, 0.1) is 5.41 Å². The number of aryl methyl sites for hydroxylation is 1. The minimum Gasteiger partial charge on any atom is -0.508 e. The second-order valence-corrected chi connectivity index (χ2v) is 10.5. The molecule has 0 bridgehead atoms. The smallest absolute Gasteiger partial charge is 0.405 e. The predicted octanol–water partition coefficient (Wildman–Crippen LogP) is 3.35. The largest absolute Gasteiger partial charge is 0.508 e. The maximum atomic E-state index is 13.7. The number of carbonyl (C=O) groups is 3. The topological polar surface area (TPSA) is 122 Å². The molecule has 2 aromatic carbocycles. The first-order valence-electron chi connectivity index (χ1n) is 12.0. The summed E-state index contributed by atoms with van der Waals surface area (Å²) < 4.78 is 5.23. The van der Waals surface area contributed by atoms with Gasteiger partial charge in [-0.3, -0.25) is 9.59 Å². The predicted molar refractivity (Wildman–Crippen MR) is 130 cm³/mol. The first-order valence-corrected chi connectivity index (χ1v) is 12.0. The Labute approximate surface area is 205 Å². The summed E-state index contributed by atoms with van der Waals surface area (Å²) in [5, 5.41) is 13.2. The molecule has 0 unspecified atom stereocenters. The monoisotopic (exact) mass is 479 g/mol. The van der Waals surface area contributed by atoms with Gasteiger partial charge in [-0.15, -0.1) is 0 Å². The summed E-state index contributed by atoms with van der Waals surface area (Å²) in [5.74, 6) is -0.668. The summed E-state index contributed by atoms with van der Waals surface area (Å²) in [6, 6.07) is 12.1. The molecule has 3 amide bonds. The number of benzene rings is 2. The number of hydrogen-bond donors (Lipinski definition) is 3. The highest BCUT2D eigenvalue weighted by molar-refractivity contribution is 5.91. The van der Waals surface area contributed by atoms with Crippen LogP contribution in [0.15, 0.2) is 42.5 Å². The van der Waals surface area contributed by atoms with Crippen molar-refractivity contribution in [2.24, 2.45) is 11.1 Å². The van der Waals surface area contributed by atoms with E-state index in [9.17, 15) is 19.5 Å². The van der Waals surface area contributed by atoms with E-state index in [0.717, 1.165) is 36.0 Å². The molecule has 2 aromatic rings. The van der Waals surface area contributed by atoms with Crippen molar-refractivity contribution in [3.63, 3.8) is 0 Å². The van der Waals surface area contributed by atoms with Crippen LogP contribution in [0.1, 0.15) is 61.9 Å². The van der Waals surface area contributed by atoms with E-state index in [2.05, 4.69) is 11.4 Å². The van der Waals surface area contributed by atoms with Crippen molar-refractivity contribution in [1.82, 2.24) is 10.2 Å². The molecule has 0 aromatic heterocycles. The zero-order valence-electron chi connectivity index (χ0n) is 20.4. The van der Waals surface area contributed by atoms with Crippen molar-refractivity contribution < 1.29 is 24.2 Å². The van der Waals surface area contributed by atoms with Gasteiger partial charge < -0.3 is 25.8 Å². The van der Waals surface area contributed by atoms with Gasteiger partial charge in [0.15, 0.2) is 6.10 Å². The number of ether oxygens (including phenoxy) is 1. The van der Waals surface area contributed by atoms with Gasteiger partial charge in [-0.25, -0.2) is 4.79 Å². The fraction of sp³-hybridized carbons (Fsp3) is 0.444. The van der Waals surface area contributed by atoms with Crippen molar-refractivity contribution in [2.75, 3.05) is 0 Å². The number of hydrogen-bond acceptors (Lipinski definition) is 5. The van der Waals surface area contributed by atoms with Gasteiger partial charge in [0.1, 0.15) is 11.8 Å². The third-order valence-corrected chi connectivity index (χ3v) is 6.84. The Balaban J connectivity index is 1.66. The van der Waals surface area contributed by atoms with Crippen LogP contribution in [0.2, 0.25) is 0 Å². The number of amides is 3. The molecule has 4 rings (SSSR count). The summed E-state index contributed by atoms with van der Waals surface area (Å²) in [5.41, 5.74) is 8.50. The Hall–Kier alpha value is -3.55. The van der Waals surface area contributed by atoms with E-state index >= 15 is 0 Å². The van der Waals surface area contributed by atoms with E-state index in [4.69, 9.17) is 10.5 Å². The van der Waals surface area contributed by atoms with Crippen molar-refractivity contribution in [2.45, 2.75) is 71.2 Å². The number of fused-ring (bicyclic) bond motifs is 2. The van der Waals surface area contributed by atoms with Crippen molar-refractivity contribution in [1.29, 1.82) is 0 Å². The first-order chi connectivity index (χ1) is 16.5. The van der Waals surface area contributed by atoms with Crippen LogP contribution in [0.4, 0.5) is 4.79 Å². The normalized spacial score (nSPS) is 20.3. The molecule has 0 fully saturated rings. The molecule has 0 spiro atoms. The van der Waals surface area contributed by atoms with E-state index in [0.29, 0.717) is 0 Å². The zero-order valence-corrected chi connectivity index (χ0v) is 20.4. The molecular weight excluding hydrogens is 446 g/mol. The summed E-state index contributed by atoms with van der Waals surface area (Å²) in [7, 11) is 0. The molecule has 0 saturated carbocycles. The molecule has 1 aliphatic heterocycles. The number of phenols is 1. The van der Waals surface area contributed by atoms with Gasteiger partial charge in [-0.1, -0.05) is 51.1 Å². The average Bonchev–Trinajstić information content (AvgIpc) is 2.80. The van der Waals surface area contributed by atoms with Gasteiger partial charge in [-0.05, 0) is 53.6 Å². The second-order valence-electron chi connectivity index (χ2n) is 10.5. The molecule has 186 valence electrons. The maximum absolute atomic E-state index is 13.7. The van der Waals surface area contributed by atoms with Crippen LogP contribution in [-0.4, -0.2) is 40.1 Å². The molecule has 8 heteroatoms. The summed E-state index contributed by atoms with van der Waals surface area (Å²) in [6.07, 6.45) is 0.844. The number of carbonyl (C=O) groups excluding carboxylic acids is 3. The van der Waals surface area contributed by atoms with Crippen LogP contribution >= 0.6 is 0 Å². The van der Waals surface area contributed by atoms with E-state index in [-0.39, 0.29) is 30.7 Å². The Kier molecular flexibility index (Phi) is 6.74. The summed E-state index contributed by atoms with van der Waals surface area (Å²) in [4.78, 5) is 40.5. The van der Waals surface area contributed by atoms with Crippen LogP contribution in [0.5, 0.6) is 5.75 Å². The van der Waals surface area contributed by atoms with Crippen molar-refractivity contribution >= 4 is 17.9 Å². The van der Waals surface area contributed by atoms with Crippen LogP contribution in [0.25, 0.3) is 0 Å². The highest BCUT2D eigenvalue weighted by Gasteiger charge is 2.43. The van der Waals surface area contributed by atoms with Crippen LogP contribution < -0.4 is 11.1 Å². The third kappa shape index (κ3) is 5.26. The Morgan fingerprint density at radius 2 is 1.86 bits per heavy atom. The number of aromatic hydroxyl groups is 1. The van der Waals surface area contributed by atoms with Gasteiger partial charge in [0.25, 0.3) is 5.91 Å². The highest BCUT2D eigenvalue weighted by Crippen LogP contribution is 2.33. The van der Waals surface area contributed by atoms with E-state index in [1.54, 1.807) is 39.0 Å². The standard InChI is InChI=1S/C27H33N3O5/c1-27(2,3)23(35-26(28)34)25(33)30-15-18-13-19(31)12-11-17(18)14-22(30)24(32)29-21-10-6-8-16-7-4-5-9-20(16)21/h4-5,7,9,11-13,21-23,31H,6,8,10,14-15H2,1-3H3,(H2,28,34)(H,29,32)/t21-,22+,23-/m1/s1. The maximum Gasteiger partial charge on any atom is 0.405 e. The number of primary amides is 1. The zero-order chi connectivity index (χ0) is 25.3. The number of phenolic OH excluding ortho intramolecular Hbond substituents is 1. The Bertz CT molecular complexity index is 1140. The lowest BCUT2D eigenvalue weighted by Crippen LogP contribution is -2.58. The third-order valence-electron chi connectivity index (χ3n) is 6.84. The lowest BCUT2D eigenvalue weighted by molar-refractivity contribution is -0.153. The molecule has 1 aliphatic carbocycles. The number of nitrogens with one attached hydrogen (secondary N) is 1.